The van der Waals surface area contributed by atoms with Gasteiger partial charge in [-0.15, -0.1) is 0 Å². The maximum Gasteiger partial charge on any atom is 0.165 e. The largest absolute Gasteiger partial charge is 0.490 e. The molecular weight excluding hydrogens is 249 g/mol. The van der Waals surface area contributed by atoms with Gasteiger partial charge in [-0.25, -0.2) is 4.39 Å². The van der Waals surface area contributed by atoms with E-state index in [0.29, 0.717) is 19.4 Å². The third-order valence-electron chi connectivity index (χ3n) is 1.58. The van der Waals surface area contributed by atoms with Gasteiger partial charge in [-0.05, 0) is 24.6 Å². The number of ether oxygens (including phenoxy) is 1. The lowest BCUT2D eigenvalue weighted by molar-refractivity contribution is 0.297. The van der Waals surface area contributed by atoms with Gasteiger partial charge in [0.2, 0.25) is 0 Å². The van der Waals surface area contributed by atoms with Crippen molar-refractivity contribution in [2.75, 3.05) is 6.61 Å². The van der Waals surface area contributed by atoms with Crippen LogP contribution in [0.15, 0.2) is 22.7 Å². The maximum absolute atomic E-state index is 13.1. The number of nitriles is 1. The highest BCUT2D eigenvalue weighted by atomic mass is 79.9. The average Bonchev–Trinajstić information content (AvgIpc) is 2.18. The van der Waals surface area contributed by atoms with Crippen molar-refractivity contribution < 1.29 is 9.13 Å². The molecule has 0 fully saturated rings. The number of benzene rings is 1. The fraction of sp³-hybridized carbons (Fsp3) is 0.300. The average molecular weight is 258 g/mol. The number of hydrogen-bond acceptors (Lipinski definition) is 2. The molecule has 0 amide bonds. The highest BCUT2D eigenvalue weighted by Gasteiger charge is 2.02. The fourth-order valence-corrected chi connectivity index (χ4v) is 1.26. The van der Waals surface area contributed by atoms with Crippen molar-refractivity contribution in [3.8, 4) is 11.8 Å². The molecule has 0 saturated carbocycles. The van der Waals surface area contributed by atoms with Crippen molar-refractivity contribution >= 4 is 15.9 Å². The second-order valence-electron chi connectivity index (χ2n) is 2.68. The van der Waals surface area contributed by atoms with Crippen LogP contribution in [0, 0.1) is 17.1 Å². The van der Waals surface area contributed by atoms with E-state index in [1.165, 1.54) is 6.07 Å². The Hall–Kier alpha value is -1.08. The Bertz CT molecular complexity index is 348. The Morgan fingerprint density at radius 2 is 2.29 bits per heavy atom. The number of unbranched alkanes of at least 4 members (excludes halogenated alkanes) is 1. The molecule has 0 spiro atoms. The van der Waals surface area contributed by atoms with E-state index in [0.717, 1.165) is 4.47 Å². The van der Waals surface area contributed by atoms with Gasteiger partial charge in [0.25, 0.3) is 0 Å². The predicted octanol–water partition coefficient (Wildman–Crippen LogP) is 3.27. The van der Waals surface area contributed by atoms with Crippen LogP contribution in [0.25, 0.3) is 0 Å². The van der Waals surface area contributed by atoms with Crippen LogP contribution in [0.4, 0.5) is 4.39 Å². The molecule has 0 atom stereocenters. The summed E-state index contributed by atoms with van der Waals surface area (Å²) in [5, 5.41) is 8.28. The molecule has 0 saturated heterocycles. The predicted molar refractivity (Wildman–Crippen MR) is 54.4 cm³/mol. The Labute approximate surface area is 90.4 Å². The monoisotopic (exact) mass is 257 g/mol. The summed E-state index contributed by atoms with van der Waals surface area (Å²) in [6.07, 6.45) is 1.04. The first kappa shape index (κ1) is 11.0. The Morgan fingerprint density at radius 3 is 3.00 bits per heavy atom. The highest BCUT2D eigenvalue weighted by molar-refractivity contribution is 9.10. The third kappa shape index (κ3) is 3.35. The van der Waals surface area contributed by atoms with Crippen LogP contribution < -0.4 is 4.74 Å². The van der Waals surface area contributed by atoms with Crippen LogP contribution in [-0.2, 0) is 0 Å². The molecule has 4 heteroatoms. The first-order chi connectivity index (χ1) is 6.74. The smallest absolute Gasteiger partial charge is 0.165 e. The minimum atomic E-state index is -0.384. The minimum absolute atomic E-state index is 0.220. The zero-order chi connectivity index (χ0) is 10.4. The van der Waals surface area contributed by atoms with Gasteiger partial charge in [0.05, 0.1) is 12.7 Å². The summed E-state index contributed by atoms with van der Waals surface area (Å²) in [5.74, 6) is -0.164. The first-order valence-corrected chi connectivity index (χ1v) is 4.98. The Kier molecular flexibility index (Phi) is 4.41. The van der Waals surface area contributed by atoms with Crippen LogP contribution in [0.5, 0.6) is 5.75 Å². The standard InChI is InChI=1S/C10H9BrFNO/c11-8-3-4-9(12)10(7-8)14-6-2-1-5-13/h3-4,7H,1-2,6H2. The zero-order valence-electron chi connectivity index (χ0n) is 7.46. The van der Waals surface area contributed by atoms with Crippen LogP contribution in [0.3, 0.4) is 0 Å². The van der Waals surface area contributed by atoms with Gasteiger partial charge in [0, 0.05) is 10.9 Å². The minimum Gasteiger partial charge on any atom is -0.490 e. The van der Waals surface area contributed by atoms with Gasteiger partial charge in [0.15, 0.2) is 11.6 Å². The summed E-state index contributed by atoms with van der Waals surface area (Å²) in [7, 11) is 0. The van der Waals surface area contributed by atoms with Crippen molar-refractivity contribution in [2.45, 2.75) is 12.8 Å². The number of nitrogens with zero attached hydrogens (tertiary/aromatic N) is 1. The summed E-state index contributed by atoms with van der Waals surface area (Å²) >= 11 is 3.22. The van der Waals surface area contributed by atoms with Crippen molar-refractivity contribution in [2.24, 2.45) is 0 Å². The van der Waals surface area contributed by atoms with Crippen molar-refractivity contribution in [3.63, 3.8) is 0 Å². The van der Waals surface area contributed by atoms with Crippen LogP contribution >= 0.6 is 15.9 Å². The normalized spacial score (nSPS) is 9.50. The van der Waals surface area contributed by atoms with Gasteiger partial charge < -0.3 is 4.74 Å². The zero-order valence-corrected chi connectivity index (χ0v) is 9.05. The van der Waals surface area contributed by atoms with Gasteiger partial charge in [0.1, 0.15) is 0 Å². The number of halogens is 2. The molecule has 0 bridgehead atoms. The summed E-state index contributed by atoms with van der Waals surface area (Å²) in [6.45, 7) is 0.362. The van der Waals surface area contributed by atoms with E-state index in [9.17, 15) is 4.39 Å². The molecular formula is C10H9BrFNO. The fourth-order valence-electron chi connectivity index (χ4n) is 0.921. The topological polar surface area (TPSA) is 33.0 Å². The molecule has 1 aromatic rings. The molecule has 0 aliphatic rings. The van der Waals surface area contributed by atoms with Gasteiger partial charge >= 0.3 is 0 Å². The van der Waals surface area contributed by atoms with E-state index in [1.54, 1.807) is 12.1 Å². The molecule has 0 radical (unpaired) electrons. The Morgan fingerprint density at radius 1 is 1.50 bits per heavy atom. The van der Waals surface area contributed by atoms with Crippen molar-refractivity contribution in [1.82, 2.24) is 0 Å². The van der Waals surface area contributed by atoms with Crippen LogP contribution in [-0.4, -0.2) is 6.61 Å². The molecule has 0 aliphatic carbocycles. The second kappa shape index (κ2) is 5.61. The van der Waals surface area contributed by atoms with Crippen molar-refractivity contribution in [1.29, 1.82) is 5.26 Å². The second-order valence-corrected chi connectivity index (χ2v) is 3.60. The molecule has 2 nitrogen and oxygen atoms in total. The molecule has 0 aliphatic heterocycles. The van der Waals surface area contributed by atoms with Gasteiger partial charge in [-0.2, -0.15) is 5.26 Å². The Balaban J connectivity index is 2.50. The molecule has 0 heterocycles. The van der Waals surface area contributed by atoms with E-state index >= 15 is 0 Å². The van der Waals surface area contributed by atoms with Crippen molar-refractivity contribution in [3.05, 3.63) is 28.5 Å². The summed E-state index contributed by atoms with van der Waals surface area (Å²) < 4.78 is 19.0. The lowest BCUT2D eigenvalue weighted by atomic mass is 10.3. The van der Waals surface area contributed by atoms with Gasteiger partial charge in [-0.3, -0.25) is 0 Å². The van der Waals surface area contributed by atoms with Crippen LogP contribution in [0.2, 0.25) is 0 Å². The summed E-state index contributed by atoms with van der Waals surface area (Å²) in [6, 6.07) is 6.51. The molecule has 0 unspecified atom stereocenters. The summed E-state index contributed by atoms with van der Waals surface area (Å²) in [4.78, 5) is 0. The van der Waals surface area contributed by atoms with E-state index in [2.05, 4.69) is 15.9 Å². The van der Waals surface area contributed by atoms with E-state index in [1.807, 2.05) is 6.07 Å². The SMILES string of the molecule is N#CCCCOc1cc(Br)ccc1F. The van der Waals surface area contributed by atoms with Gasteiger partial charge in [-0.1, -0.05) is 15.9 Å². The lowest BCUT2D eigenvalue weighted by Crippen LogP contribution is -1.98. The quantitative estimate of drug-likeness (QED) is 0.776. The van der Waals surface area contributed by atoms with Crippen LogP contribution in [0.1, 0.15) is 12.8 Å². The number of rotatable bonds is 4. The molecule has 14 heavy (non-hydrogen) atoms. The lowest BCUT2D eigenvalue weighted by Gasteiger charge is -2.05. The highest BCUT2D eigenvalue weighted by Crippen LogP contribution is 2.22. The molecule has 0 N–H and O–H groups in total. The van der Waals surface area contributed by atoms with E-state index < -0.39 is 0 Å². The third-order valence-corrected chi connectivity index (χ3v) is 2.08. The number of hydrogen-bond donors (Lipinski definition) is 0. The molecule has 74 valence electrons. The van der Waals surface area contributed by atoms with E-state index in [4.69, 9.17) is 10.00 Å². The summed E-state index contributed by atoms with van der Waals surface area (Å²) in [5.41, 5.74) is 0. The molecule has 1 rings (SSSR count). The van der Waals surface area contributed by atoms with E-state index in [-0.39, 0.29) is 11.6 Å². The first-order valence-electron chi connectivity index (χ1n) is 4.19. The molecule has 0 aromatic heterocycles. The maximum atomic E-state index is 13.1. The molecule has 1 aromatic carbocycles.